The number of nitrogens with zero attached hydrogens (tertiary/aromatic N) is 1. The highest BCUT2D eigenvalue weighted by Gasteiger charge is 2.18. The highest BCUT2D eigenvalue weighted by Crippen LogP contribution is 2.31. The second-order valence-corrected chi connectivity index (χ2v) is 4.99. The monoisotopic (exact) mass is 260 g/mol. The predicted molar refractivity (Wildman–Crippen MR) is 75.7 cm³/mol. The summed E-state index contributed by atoms with van der Waals surface area (Å²) in [7, 11) is 3.80. The van der Waals surface area contributed by atoms with E-state index in [1.165, 1.54) is 16.5 Å². The van der Waals surface area contributed by atoms with Crippen molar-refractivity contribution in [1.29, 1.82) is 0 Å². The molecule has 3 rings (SSSR count). The Morgan fingerprint density at radius 1 is 1.37 bits per heavy atom. The van der Waals surface area contributed by atoms with Crippen LogP contribution in [0.15, 0.2) is 24.4 Å². The molecule has 1 atom stereocenters. The van der Waals surface area contributed by atoms with E-state index in [2.05, 4.69) is 35.3 Å². The van der Waals surface area contributed by atoms with Gasteiger partial charge in [0, 0.05) is 43.3 Å². The van der Waals surface area contributed by atoms with Crippen LogP contribution in [0.3, 0.4) is 0 Å². The van der Waals surface area contributed by atoms with E-state index in [9.17, 15) is 0 Å². The summed E-state index contributed by atoms with van der Waals surface area (Å²) in [4.78, 5) is 0. The second kappa shape index (κ2) is 5.23. The molecule has 0 saturated carbocycles. The van der Waals surface area contributed by atoms with E-state index in [-0.39, 0.29) is 0 Å². The van der Waals surface area contributed by atoms with Crippen molar-refractivity contribution in [2.45, 2.75) is 12.5 Å². The van der Waals surface area contributed by atoms with Crippen LogP contribution < -0.4 is 10.1 Å². The number of rotatable bonds is 2. The standard InChI is InChI=1S/C15H20N2O2/c1-17-10-13(14-5-7-19-8-6-16-14)12-9-11(18-2)3-4-15(12)17/h3-4,9-10,14,16H,5-8H2,1-2H3. The highest BCUT2D eigenvalue weighted by atomic mass is 16.5. The zero-order chi connectivity index (χ0) is 13.2. The predicted octanol–water partition coefficient (Wildman–Crippen LogP) is 2.24. The summed E-state index contributed by atoms with van der Waals surface area (Å²) < 4.78 is 13.0. The van der Waals surface area contributed by atoms with Gasteiger partial charge in [0.1, 0.15) is 5.75 Å². The first-order valence-electron chi connectivity index (χ1n) is 6.73. The van der Waals surface area contributed by atoms with E-state index in [4.69, 9.17) is 9.47 Å². The summed E-state index contributed by atoms with van der Waals surface area (Å²) >= 11 is 0. The van der Waals surface area contributed by atoms with E-state index >= 15 is 0 Å². The van der Waals surface area contributed by atoms with Crippen LogP contribution in [-0.4, -0.2) is 31.4 Å². The number of methoxy groups -OCH3 is 1. The molecule has 1 saturated heterocycles. The molecule has 2 heterocycles. The van der Waals surface area contributed by atoms with Crippen molar-refractivity contribution in [2.75, 3.05) is 26.9 Å². The van der Waals surface area contributed by atoms with Crippen LogP contribution in [-0.2, 0) is 11.8 Å². The minimum absolute atomic E-state index is 0.360. The first-order valence-corrected chi connectivity index (χ1v) is 6.73. The average Bonchev–Trinajstić information content (AvgIpc) is 2.64. The van der Waals surface area contributed by atoms with Crippen molar-refractivity contribution >= 4 is 10.9 Å². The Bertz CT molecular complexity index is 569. The number of fused-ring (bicyclic) bond motifs is 1. The number of aromatic nitrogens is 1. The van der Waals surface area contributed by atoms with Gasteiger partial charge in [-0.15, -0.1) is 0 Å². The van der Waals surface area contributed by atoms with Gasteiger partial charge in [-0.1, -0.05) is 0 Å². The van der Waals surface area contributed by atoms with Gasteiger partial charge < -0.3 is 19.4 Å². The van der Waals surface area contributed by atoms with Gasteiger partial charge in [-0.3, -0.25) is 0 Å². The molecule has 1 unspecified atom stereocenters. The quantitative estimate of drug-likeness (QED) is 0.899. The third kappa shape index (κ3) is 2.33. The van der Waals surface area contributed by atoms with Crippen molar-refractivity contribution in [2.24, 2.45) is 7.05 Å². The number of nitrogens with one attached hydrogen (secondary N) is 1. The minimum Gasteiger partial charge on any atom is -0.497 e. The average molecular weight is 260 g/mol. The Morgan fingerprint density at radius 2 is 2.26 bits per heavy atom. The number of hydrogen-bond donors (Lipinski definition) is 1. The molecule has 19 heavy (non-hydrogen) atoms. The molecular formula is C15H20N2O2. The summed E-state index contributed by atoms with van der Waals surface area (Å²) in [6.45, 7) is 2.52. The molecule has 102 valence electrons. The fourth-order valence-electron chi connectivity index (χ4n) is 2.78. The smallest absolute Gasteiger partial charge is 0.119 e. The second-order valence-electron chi connectivity index (χ2n) is 4.99. The Hall–Kier alpha value is -1.52. The Balaban J connectivity index is 2.06. The number of aryl methyl sites for hydroxylation is 1. The maximum absolute atomic E-state index is 5.52. The van der Waals surface area contributed by atoms with Crippen molar-refractivity contribution in [3.05, 3.63) is 30.0 Å². The van der Waals surface area contributed by atoms with E-state index in [1.807, 2.05) is 6.07 Å². The molecule has 0 bridgehead atoms. The van der Waals surface area contributed by atoms with Crippen LogP contribution >= 0.6 is 0 Å². The number of benzene rings is 1. The van der Waals surface area contributed by atoms with Crippen LogP contribution in [0.5, 0.6) is 5.75 Å². The third-order valence-corrected chi connectivity index (χ3v) is 3.79. The van der Waals surface area contributed by atoms with Crippen LogP contribution in [0.1, 0.15) is 18.0 Å². The Kier molecular flexibility index (Phi) is 3.44. The van der Waals surface area contributed by atoms with Crippen molar-refractivity contribution in [1.82, 2.24) is 9.88 Å². The molecule has 0 radical (unpaired) electrons. The van der Waals surface area contributed by atoms with Crippen molar-refractivity contribution in [3.63, 3.8) is 0 Å². The molecule has 0 amide bonds. The molecule has 1 aliphatic rings. The van der Waals surface area contributed by atoms with Crippen LogP contribution in [0.4, 0.5) is 0 Å². The normalized spacial score (nSPS) is 20.4. The van der Waals surface area contributed by atoms with Crippen LogP contribution in [0.2, 0.25) is 0 Å². The summed E-state index contributed by atoms with van der Waals surface area (Å²) in [5.41, 5.74) is 2.57. The molecule has 2 aromatic rings. The van der Waals surface area contributed by atoms with Gasteiger partial charge >= 0.3 is 0 Å². The van der Waals surface area contributed by atoms with Gasteiger partial charge in [0.2, 0.25) is 0 Å². The fraction of sp³-hybridized carbons (Fsp3) is 0.467. The van der Waals surface area contributed by atoms with Gasteiger partial charge in [0.25, 0.3) is 0 Å². The molecule has 4 nitrogen and oxygen atoms in total. The van der Waals surface area contributed by atoms with Gasteiger partial charge in [-0.25, -0.2) is 0 Å². The van der Waals surface area contributed by atoms with Crippen molar-refractivity contribution in [3.8, 4) is 5.75 Å². The molecule has 4 heteroatoms. The molecule has 1 aromatic carbocycles. The Morgan fingerprint density at radius 3 is 3.11 bits per heavy atom. The van der Waals surface area contributed by atoms with Gasteiger partial charge in [0.15, 0.2) is 0 Å². The number of hydrogen-bond acceptors (Lipinski definition) is 3. The molecule has 1 fully saturated rings. The van der Waals surface area contributed by atoms with Crippen LogP contribution in [0.25, 0.3) is 10.9 Å². The summed E-state index contributed by atoms with van der Waals surface area (Å²) in [5.74, 6) is 0.907. The minimum atomic E-state index is 0.360. The van der Waals surface area contributed by atoms with Gasteiger partial charge in [-0.05, 0) is 30.2 Å². The zero-order valence-electron chi connectivity index (χ0n) is 11.5. The van der Waals surface area contributed by atoms with Gasteiger partial charge in [-0.2, -0.15) is 0 Å². The van der Waals surface area contributed by atoms with E-state index < -0.39 is 0 Å². The van der Waals surface area contributed by atoms with Gasteiger partial charge in [0.05, 0.1) is 13.7 Å². The summed E-state index contributed by atoms with van der Waals surface area (Å²) in [6, 6.07) is 6.61. The number of ether oxygens (including phenoxy) is 2. The third-order valence-electron chi connectivity index (χ3n) is 3.79. The first kappa shape index (κ1) is 12.5. The zero-order valence-corrected chi connectivity index (χ0v) is 11.5. The molecule has 1 aromatic heterocycles. The lowest BCUT2D eigenvalue weighted by Crippen LogP contribution is -2.21. The van der Waals surface area contributed by atoms with Crippen LogP contribution in [0, 0.1) is 0 Å². The Labute approximate surface area is 113 Å². The lowest BCUT2D eigenvalue weighted by Gasteiger charge is -2.14. The maximum atomic E-state index is 5.52. The van der Waals surface area contributed by atoms with Crippen molar-refractivity contribution < 1.29 is 9.47 Å². The maximum Gasteiger partial charge on any atom is 0.119 e. The SMILES string of the molecule is COc1ccc2c(c1)c(C1CCOCCN1)cn2C. The molecule has 1 N–H and O–H groups in total. The summed E-state index contributed by atoms with van der Waals surface area (Å²) in [5, 5.41) is 4.83. The highest BCUT2D eigenvalue weighted by molar-refractivity contribution is 5.85. The van der Waals surface area contributed by atoms with E-state index in [0.29, 0.717) is 6.04 Å². The first-order chi connectivity index (χ1) is 9.29. The lowest BCUT2D eigenvalue weighted by molar-refractivity contribution is 0.150. The topological polar surface area (TPSA) is 35.4 Å². The molecular weight excluding hydrogens is 240 g/mol. The largest absolute Gasteiger partial charge is 0.497 e. The fourth-order valence-corrected chi connectivity index (χ4v) is 2.78. The molecule has 0 spiro atoms. The van der Waals surface area contributed by atoms with E-state index in [1.54, 1.807) is 7.11 Å². The molecule has 1 aliphatic heterocycles. The molecule has 0 aliphatic carbocycles. The van der Waals surface area contributed by atoms with E-state index in [0.717, 1.165) is 31.9 Å². The summed E-state index contributed by atoms with van der Waals surface area (Å²) in [6.07, 6.45) is 3.23. The lowest BCUT2D eigenvalue weighted by atomic mass is 10.0.